The van der Waals surface area contributed by atoms with E-state index in [1.165, 1.54) is 11.3 Å². The van der Waals surface area contributed by atoms with Crippen LogP contribution in [0.3, 0.4) is 0 Å². The molecule has 2 aliphatic carbocycles. The van der Waals surface area contributed by atoms with Gasteiger partial charge in [0, 0.05) is 17.4 Å². The molecule has 8 heteroatoms. The zero-order valence-electron chi connectivity index (χ0n) is 14.5. The molecule has 1 aliphatic heterocycles. The van der Waals surface area contributed by atoms with Crippen LogP contribution in [-0.2, 0) is 21.0 Å². The molecule has 3 nitrogen and oxygen atoms in total. The molecular formula is C20H17F3O3S2. The topological polar surface area (TPSA) is 57.2 Å². The van der Waals surface area contributed by atoms with Crippen molar-refractivity contribution in [3.8, 4) is 0 Å². The number of rotatable bonds is 1. The van der Waals surface area contributed by atoms with Gasteiger partial charge >= 0.3 is 5.51 Å². The second-order valence-electron chi connectivity index (χ2n) is 7.03. The van der Waals surface area contributed by atoms with E-state index < -0.39 is 15.6 Å². The van der Waals surface area contributed by atoms with Crippen molar-refractivity contribution < 1.29 is 26.1 Å². The summed E-state index contributed by atoms with van der Waals surface area (Å²) < 4.78 is 58.9. The molecule has 1 saturated carbocycles. The van der Waals surface area contributed by atoms with Crippen molar-refractivity contribution in [1.29, 1.82) is 0 Å². The molecule has 0 N–H and O–H groups in total. The van der Waals surface area contributed by atoms with Crippen LogP contribution >= 0.6 is 0 Å². The Morgan fingerprint density at radius 2 is 1.50 bits per heavy atom. The second-order valence-corrected chi connectivity index (χ2v) is 10.5. The number of alkyl halides is 3. The van der Waals surface area contributed by atoms with Gasteiger partial charge < -0.3 is 4.55 Å². The van der Waals surface area contributed by atoms with E-state index in [2.05, 4.69) is 66.7 Å². The molecule has 5 atom stereocenters. The Kier molecular flexibility index (Phi) is 4.84. The van der Waals surface area contributed by atoms with E-state index in [0.717, 1.165) is 23.0 Å². The smallest absolute Gasteiger partial charge is 0.485 e. The molecule has 2 aromatic carbocycles. The fraction of sp³-hybridized carbons (Fsp3) is 0.300. The summed E-state index contributed by atoms with van der Waals surface area (Å²) in [5, 5.41) is 0.824. The van der Waals surface area contributed by atoms with E-state index in [-0.39, 0.29) is 10.9 Å². The number of allylic oxidation sites excluding steroid dienone is 2. The Morgan fingerprint density at radius 1 is 0.929 bits per heavy atom. The number of fused-ring (bicyclic) bond motifs is 7. The number of halogens is 3. The highest BCUT2D eigenvalue weighted by Gasteiger charge is 2.61. The standard InChI is InChI=1S/C19H17S.CHF3O3S/c1-2-6-15(7-3-1)20-17-9-5-4-8-16(17)18-13-10-11-14(12-13)19(18)20;2-1(3,4)8(5,6)7/h1-11,13-14,18-19H,12H2;(H,5,6,7)/q+1;/p-1/t13-,14+,18+,19+,20?;/m0./s1. The van der Waals surface area contributed by atoms with Crippen molar-refractivity contribution >= 4 is 21.0 Å². The molecular weight excluding hydrogens is 409 g/mol. The highest BCUT2D eigenvalue weighted by Crippen LogP contribution is 2.60. The maximum atomic E-state index is 10.7. The van der Waals surface area contributed by atoms with E-state index in [9.17, 15) is 13.2 Å². The van der Waals surface area contributed by atoms with Crippen LogP contribution in [0, 0.1) is 11.8 Å². The lowest BCUT2D eigenvalue weighted by molar-refractivity contribution is -0.0517. The zero-order valence-corrected chi connectivity index (χ0v) is 16.2. The molecule has 148 valence electrons. The van der Waals surface area contributed by atoms with E-state index in [4.69, 9.17) is 13.0 Å². The molecule has 0 spiro atoms. The molecule has 0 saturated heterocycles. The molecule has 28 heavy (non-hydrogen) atoms. The van der Waals surface area contributed by atoms with Crippen LogP contribution in [0.25, 0.3) is 0 Å². The van der Waals surface area contributed by atoms with Crippen LogP contribution in [-0.4, -0.2) is 23.7 Å². The first-order valence-electron chi connectivity index (χ1n) is 8.76. The van der Waals surface area contributed by atoms with Gasteiger partial charge in [-0.1, -0.05) is 48.6 Å². The van der Waals surface area contributed by atoms with Gasteiger partial charge in [0.15, 0.2) is 19.9 Å². The van der Waals surface area contributed by atoms with Gasteiger partial charge in [0.05, 0.1) is 10.9 Å². The normalized spacial score (nSPS) is 29.8. The van der Waals surface area contributed by atoms with Crippen molar-refractivity contribution in [3.63, 3.8) is 0 Å². The lowest BCUT2D eigenvalue weighted by Gasteiger charge is -2.18. The maximum absolute atomic E-state index is 10.7. The Morgan fingerprint density at radius 3 is 2.14 bits per heavy atom. The average Bonchev–Trinajstić information content (AvgIpc) is 3.32. The van der Waals surface area contributed by atoms with Crippen LogP contribution in [0.2, 0.25) is 0 Å². The van der Waals surface area contributed by atoms with Gasteiger partial charge in [0.1, 0.15) is 5.25 Å². The predicted molar refractivity (Wildman–Crippen MR) is 99.8 cm³/mol. The number of benzene rings is 2. The molecule has 5 rings (SSSR count). The van der Waals surface area contributed by atoms with Crippen molar-refractivity contribution in [3.05, 3.63) is 72.3 Å². The van der Waals surface area contributed by atoms with Gasteiger partial charge in [0.2, 0.25) is 0 Å². The SMILES string of the molecule is C1=C[C@H]2C[C@@H]1[C@@H]1[C@H]2c2ccccc2[S+]1c1ccccc1.O=S(=O)([O-])C(F)(F)F. The molecule has 2 bridgehead atoms. The number of hydrogen-bond acceptors (Lipinski definition) is 3. The van der Waals surface area contributed by atoms with E-state index in [0.29, 0.717) is 0 Å². The van der Waals surface area contributed by atoms with Crippen LogP contribution in [0.15, 0.2) is 76.5 Å². The van der Waals surface area contributed by atoms with Gasteiger partial charge in [-0.15, -0.1) is 0 Å². The minimum atomic E-state index is -6.09. The second kappa shape index (κ2) is 6.93. The largest absolute Gasteiger partial charge is 0.741 e. The van der Waals surface area contributed by atoms with Gasteiger partial charge in [0.25, 0.3) is 0 Å². The third kappa shape index (κ3) is 3.27. The fourth-order valence-electron chi connectivity index (χ4n) is 4.46. The number of hydrogen-bond donors (Lipinski definition) is 0. The molecule has 0 radical (unpaired) electrons. The van der Waals surface area contributed by atoms with Crippen LogP contribution in [0.4, 0.5) is 13.2 Å². The van der Waals surface area contributed by atoms with Gasteiger partial charge in [-0.3, -0.25) is 0 Å². The van der Waals surface area contributed by atoms with Crippen molar-refractivity contribution in [1.82, 2.24) is 0 Å². The third-order valence-corrected chi connectivity index (χ3v) is 8.83. The lowest BCUT2D eigenvalue weighted by Crippen LogP contribution is -2.25. The summed E-state index contributed by atoms with van der Waals surface area (Å²) in [6.07, 6.45) is 6.38. The summed E-state index contributed by atoms with van der Waals surface area (Å²) in [7, 11) is -5.81. The first-order chi connectivity index (χ1) is 13.2. The Hall–Kier alpha value is -1.77. The average molecular weight is 426 g/mol. The molecule has 0 amide bonds. The van der Waals surface area contributed by atoms with Crippen molar-refractivity contribution in [2.75, 3.05) is 0 Å². The Bertz CT molecular complexity index is 1000. The van der Waals surface area contributed by atoms with E-state index in [1.807, 2.05) is 0 Å². The Balaban J connectivity index is 0.000000208. The van der Waals surface area contributed by atoms with E-state index >= 15 is 0 Å². The molecule has 1 heterocycles. The first kappa shape index (κ1) is 19.5. The summed E-state index contributed by atoms with van der Waals surface area (Å²) in [4.78, 5) is 3.15. The lowest BCUT2D eigenvalue weighted by atomic mass is 9.87. The molecule has 3 aliphatic rings. The first-order valence-corrected chi connectivity index (χ1v) is 11.5. The van der Waals surface area contributed by atoms with Gasteiger partial charge in [-0.25, -0.2) is 8.42 Å². The maximum Gasteiger partial charge on any atom is 0.485 e. The highest BCUT2D eigenvalue weighted by molar-refractivity contribution is 7.98. The third-order valence-electron chi connectivity index (χ3n) is 5.45. The van der Waals surface area contributed by atoms with Crippen LogP contribution < -0.4 is 0 Å². The van der Waals surface area contributed by atoms with Gasteiger partial charge in [-0.2, -0.15) is 13.2 Å². The van der Waals surface area contributed by atoms with Crippen LogP contribution in [0.1, 0.15) is 17.9 Å². The summed E-state index contributed by atoms with van der Waals surface area (Å²) in [6, 6.07) is 20.4. The van der Waals surface area contributed by atoms with E-state index in [1.54, 1.807) is 10.5 Å². The summed E-state index contributed by atoms with van der Waals surface area (Å²) in [5.74, 6) is 2.39. The zero-order chi connectivity index (χ0) is 20.1. The molecule has 1 unspecified atom stereocenters. The van der Waals surface area contributed by atoms with Crippen LogP contribution in [0.5, 0.6) is 0 Å². The van der Waals surface area contributed by atoms with Crippen molar-refractivity contribution in [2.45, 2.75) is 32.9 Å². The minimum Gasteiger partial charge on any atom is -0.741 e. The monoisotopic (exact) mass is 426 g/mol. The molecule has 2 aromatic rings. The summed E-state index contributed by atoms with van der Waals surface area (Å²) >= 11 is 0. The summed E-state index contributed by atoms with van der Waals surface area (Å²) in [5.41, 5.74) is -4.01. The van der Waals surface area contributed by atoms with Gasteiger partial charge in [-0.05, 0) is 30.5 Å². The minimum absolute atomic E-state index is 0.278. The quantitative estimate of drug-likeness (QED) is 0.293. The molecule has 1 fully saturated rings. The fourth-order valence-corrected chi connectivity index (χ4v) is 7.65. The predicted octanol–water partition coefficient (Wildman–Crippen LogP) is 4.45. The Labute approximate surface area is 164 Å². The highest BCUT2D eigenvalue weighted by atomic mass is 32.2. The van der Waals surface area contributed by atoms with Crippen molar-refractivity contribution in [2.24, 2.45) is 11.8 Å². The molecule has 0 aromatic heterocycles. The summed E-state index contributed by atoms with van der Waals surface area (Å²) in [6.45, 7) is 0.